The normalized spacial score (nSPS) is 15.7. The summed E-state index contributed by atoms with van der Waals surface area (Å²) in [6.45, 7) is -3.12. The van der Waals surface area contributed by atoms with E-state index in [0.717, 1.165) is 22.5 Å². The fourth-order valence-electron chi connectivity index (χ4n) is 2.83. The summed E-state index contributed by atoms with van der Waals surface area (Å²) in [4.78, 5) is 12.8. The third-order valence-electron chi connectivity index (χ3n) is 4.22. The van der Waals surface area contributed by atoms with E-state index in [1.54, 1.807) is 24.3 Å². The van der Waals surface area contributed by atoms with E-state index in [0.29, 0.717) is 9.79 Å². The van der Waals surface area contributed by atoms with Gasteiger partial charge in [-0.15, -0.1) is 0 Å². The quantitative estimate of drug-likeness (QED) is 0.373. The molecule has 0 fully saturated rings. The van der Waals surface area contributed by atoms with Gasteiger partial charge in [0.25, 0.3) is 0 Å². The number of benzene rings is 2. The lowest BCUT2D eigenvalue weighted by Crippen LogP contribution is -2.28. The molecule has 31 heavy (non-hydrogen) atoms. The van der Waals surface area contributed by atoms with Crippen molar-refractivity contribution in [1.29, 1.82) is 5.26 Å². The molecule has 1 unspecified atom stereocenters. The van der Waals surface area contributed by atoms with E-state index in [9.17, 15) is 23.2 Å². The molecule has 11 heteroatoms. The predicted octanol–water partition coefficient (Wildman–Crippen LogP) is 4.24. The number of methoxy groups -OCH3 is 1. The van der Waals surface area contributed by atoms with E-state index in [1.165, 1.54) is 20.2 Å². The molecule has 0 radical (unpaired) electrons. The molecule has 0 bridgehead atoms. The van der Waals surface area contributed by atoms with Crippen molar-refractivity contribution < 1.29 is 32.1 Å². The Morgan fingerprint density at radius 3 is 2.68 bits per heavy atom. The van der Waals surface area contributed by atoms with E-state index in [-0.39, 0.29) is 28.3 Å². The van der Waals surface area contributed by atoms with Gasteiger partial charge in [-0.1, -0.05) is 40.2 Å². The van der Waals surface area contributed by atoms with Crippen LogP contribution in [0.25, 0.3) is 0 Å². The number of hydrazone groups is 1. The molecule has 1 aliphatic rings. The minimum atomic E-state index is -3.12. The molecule has 0 N–H and O–H groups in total. The molecule has 0 aliphatic carbocycles. The number of carbonyl (C=O) groups is 1. The summed E-state index contributed by atoms with van der Waals surface area (Å²) in [6.07, 6.45) is 0. The minimum Gasteiger partial charge on any atom is -0.465 e. The number of carbonyl (C=O) groups excluding carboxylic acids is 1. The van der Waals surface area contributed by atoms with Crippen molar-refractivity contribution in [3.8, 4) is 6.07 Å². The molecule has 2 aromatic rings. The Morgan fingerprint density at radius 1 is 1.32 bits per heavy atom. The van der Waals surface area contributed by atoms with Crippen molar-refractivity contribution in [2.45, 2.75) is 21.8 Å². The van der Waals surface area contributed by atoms with Crippen molar-refractivity contribution in [1.82, 2.24) is 0 Å². The molecule has 2 aromatic carbocycles. The first-order valence-electron chi connectivity index (χ1n) is 8.64. The first-order valence-corrected chi connectivity index (χ1v) is 9.89. The monoisotopic (exact) mass is 468 g/mol. The highest BCUT2D eigenvalue weighted by Crippen LogP contribution is 2.35. The van der Waals surface area contributed by atoms with Gasteiger partial charge >= 0.3 is 18.5 Å². The van der Waals surface area contributed by atoms with Gasteiger partial charge in [0, 0.05) is 20.5 Å². The fourth-order valence-corrected chi connectivity index (χ4v) is 4.22. The lowest BCUT2D eigenvalue weighted by atomic mass is 10.0. The second kappa shape index (κ2) is 9.41. The number of nitriles is 1. The maximum absolute atomic E-state index is 14.8. The third kappa shape index (κ3) is 4.68. The topological polar surface area (TPSA) is 74.7 Å². The van der Waals surface area contributed by atoms with E-state index in [4.69, 9.17) is 16.3 Å². The van der Waals surface area contributed by atoms with Crippen LogP contribution in [0.5, 0.6) is 0 Å². The Morgan fingerprint density at radius 2 is 2.03 bits per heavy atom. The highest BCUT2D eigenvalue weighted by atomic mass is 35.5. The molecule has 1 heterocycles. The standard InChI is InChI=1S/C20H14ClF3N3O3S/c1-27-18(30-20(23)24)16(21)17(26-27)12-8-15(10(9-25)7-13(12)22)31-14-6-4-3-5-11(14)19(28)29-2/h3-8,16,20H,1-2H3/q+1. The first kappa shape index (κ1) is 22.7. The molecule has 6 nitrogen and oxygen atoms in total. The Kier molecular flexibility index (Phi) is 6.87. The van der Waals surface area contributed by atoms with Gasteiger partial charge in [0.05, 0.1) is 18.2 Å². The number of nitrogens with zero attached hydrogens (tertiary/aromatic N) is 3. The highest BCUT2D eigenvalue weighted by molar-refractivity contribution is 7.99. The van der Waals surface area contributed by atoms with Crippen LogP contribution in [0.1, 0.15) is 21.5 Å². The zero-order chi connectivity index (χ0) is 22.7. The molecule has 0 amide bonds. The lowest BCUT2D eigenvalue weighted by molar-refractivity contribution is -0.510. The Labute approximate surface area is 184 Å². The summed E-state index contributed by atoms with van der Waals surface area (Å²) in [6, 6.07) is 10.8. The second-order valence-electron chi connectivity index (χ2n) is 6.12. The van der Waals surface area contributed by atoms with Gasteiger partial charge in [-0.2, -0.15) is 14.0 Å². The molecule has 0 spiro atoms. The van der Waals surface area contributed by atoms with Crippen LogP contribution >= 0.6 is 23.4 Å². The van der Waals surface area contributed by atoms with Crippen LogP contribution in [-0.4, -0.2) is 48.4 Å². The van der Waals surface area contributed by atoms with Crippen LogP contribution in [0.2, 0.25) is 0 Å². The number of halogens is 4. The summed E-state index contributed by atoms with van der Waals surface area (Å²) in [5.74, 6) is -1.73. The summed E-state index contributed by atoms with van der Waals surface area (Å²) in [5.41, 5.74) is 0.137. The van der Waals surface area contributed by atoms with Crippen molar-refractivity contribution in [2.75, 3.05) is 14.2 Å². The molecule has 3 rings (SSSR count). The van der Waals surface area contributed by atoms with Gasteiger partial charge in [0.15, 0.2) is 12.8 Å². The van der Waals surface area contributed by atoms with Gasteiger partial charge in [-0.05, 0) is 24.3 Å². The number of esters is 1. The molecule has 0 saturated carbocycles. The van der Waals surface area contributed by atoms with E-state index in [2.05, 4.69) is 9.84 Å². The summed E-state index contributed by atoms with van der Waals surface area (Å²) < 4.78 is 50.2. The Balaban J connectivity index is 2.03. The molecule has 1 atom stereocenters. The average molecular weight is 469 g/mol. The van der Waals surface area contributed by atoms with Crippen LogP contribution in [0.15, 0.2) is 51.3 Å². The summed E-state index contributed by atoms with van der Waals surface area (Å²) in [5, 5.41) is 12.2. The largest absolute Gasteiger partial charge is 0.465 e. The first-order chi connectivity index (χ1) is 14.8. The average Bonchev–Trinajstić information content (AvgIpc) is 3.02. The van der Waals surface area contributed by atoms with Gasteiger partial charge in [0.2, 0.25) is 5.38 Å². The smallest absolute Gasteiger partial charge is 0.396 e. The van der Waals surface area contributed by atoms with E-state index in [1.807, 2.05) is 6.07 Å². The molecule has 1 aliphatic heterocycles. The van der Waals surface area contributed by atoms with Crippen LogP contribution in [0, 0.1) is 17.1 Å². The Hall–Kier alpha value is -3.03. The third-order valence-corrected chi connectivity index (χ3v) is 5.75. The van der Waals surface area contributed by atoms with Crippen LogP contribution < -0.4 is 0 Å². The highest BCUT2D eigenvalue weighted by Gasteiger charge is 2.41. The summed E-state index contributed by atoms with van der Waals surface area (Å²) in [7, 11) is 2.58. The Bertz CT molecular complexity index is 1150. The SMILES string of the molecule is COC(=O)c1ccccc1Sc1cc(C2=N[N+](C)=C(OC(F)F)C2Cl)c(F)cc1C#N. The second-order valence-corrected chi connectivity index (χ2v) is 7.64. The number of ether oxygens (including phenoxy) is 2. The molecular weight excluding hydrogens is 455 g/mol. The fraction of sp³-hybridized carbons (Fsp3) is 0.200. The van der Waals surface area contributed by atoms with Crippen molar-refractivity contribution in [2.24, 2.45) is 5.10 Å². The number of hydrogen-bond acceptors (Lipinski definition) is 6. The zero-order valence-corrected chi connectivity index (χ0v) is 17.7. The van der Waals surface area contributed by atoms with E-state index < -0.39 is 23.8 Å². The maximum Gasteiger partial charge on any atom is 0.396 e. The van der Waals surface area contributed by atoms with Gasteiger partial charge in [0.1, 0.15) is 11.9 Å². The van der Waals surface area contributed by atoms with Gasteiger partial charge < -0.3 is 9.47 Å². The number of rotatable bonds is 5. The van der Waals surface area contributed by atoms with Crippen LogP contribution in [0.4, 0.5) is 13.2 Å². The van der Waals surface area contributed by atoms with Crippen molar-refractivity contribution >= 4 is 40.9 Å². The van der Waals surface area contributed by atoms with Crippen LogP contribution in [-0.2, 0) is 9.47 Å². The molecule has 0 saturated heterocycles. The van der Waals surface area contributed by atoms with Crippen LogP contribution in [0.3, 0.4) is 0 Å². The predicted molar refractivity (Wildman–Crippen MR) is 107 cm³/mol. The number of hydrogen-bond donors (Lipinski definition) is 0. The zero-order valence-electron chi connectivity index (χ0n) is 16.1. The van der Waals surface area contributed by atoms with Gasteiger partial charge in [-0.3, -0.25) is 0 Å². The van der Waals surface area contributed by atoms with Crippen molar-refractivity contribution in [3.63, 3.8) is 0 Å². The number of alkyl halides is 3. The molecular formula is C20H14ClF3N3O3S+. The van der Waals surface area contributed by atoms with Gasteiger partial charge in [-0.25, -0.2) is 9.18 Å². The van der Waals surface area contributed by atoms with Crippen molar-refractivity contribution in [3.05, 3.63) is 58.9 Å². The molecule has 160 valence electrons. The molecule has 0 aromatic heterocycles. The van der Waals surface area contributed by atoms with E-state index >= 15 is 0 Å². The summed E-state index contributed by atoms with van der Waals surface area (Å²) >= 11 is 7.24. The maximum atomic E-state index is 14.8. The minimum absolute atomic E-state index is 0.0111. The lowest BCUT2D eigenvalue weighted by Gasteiger charge is -2.11.